The Labute approximate surface area is 206 Å². The Morgan fingerprint density at radius 3 is 2.23 bits per heavy atom. The highest BCUT2D eigenvalue weighted by Crippen LogP contribution is 2.44. The van der Waals surface area contributed by atoms with Crippen molar-refractivity contribution in [2.24, 2.45) is 11.8 Å². The van der Waals surface area contributed by atoms with Gasteiger partial charge in [-0.2, -0.15) is 0 Å². The first-order valence-electron chi connectivity index (χ1n) is 12.5. The molecule has 4 rings (SSSR count). The number of aliphatic carboxylic acids is 1. The largest absolute Gasteiger partial charge is 0.481 e. The number of carbonyl (C=O) groups is 3. The van der Waals surface area contributed by atoms with E-state index in [0.717, 1.165) is 30.4 Å². The zero-order valence-electron chi connectivity index (χ0n) is 20.3. The molecular weight excluding hydrogens is 444 g/mol. The quantitative estimate of drug-likeness (QED) is 0.510. The van der Waals surface area contributed by atoms with E-state index in [1.807, 2.05) is 38.1 Å². The number of amides is 2. The standard InChI is InChI=1S/C28H34N2O5/c1-17(2)25(15-26(31)32)30-27(33)18-8-7-9-19(14-18)29-28(34)35-16-24-22-12-5-3-10-20(22)21-11-4-6-13-23(21)24/h3-6,10-13,17-19,24-25H,7-9,14-16H2,1-2H3,(H,29,34)(H,30,33)(H,31,32). The summed E-state index contributed by atoms with van der Waals surface area (Å²) < 4.78 is 5.66. The van der Waals surface area contributed by atoms with Crippen LogP contribution in [0, 0.1) is 11.8 Å². The van der Waals surface area contributed by atoms with E-state index in [-0.39, 0.29) is 42.7 Å². The summed E-state index contributed by atoms with van der Waals surface area (Å²) in [5, 5.41) is 15.0. The third kappa shape index (κ3) is 5.84. The maximum Gasteiger partial charge on any atom is 0.407 e. The number of hydrogen-bond acceptors (Lipinski definition) is 4. The SMILES string of the molecule is CC(C)C(CC(=O)O)NC(=O)C1CCCC(NC(=O)OCC2c3ccccc3-c3ccccc32)C1. The Bertz CT molecular complexity index is 1040. The molecule has 1 saturated carbocycles. The van der Waals surface area contributed by atoms with Crippen LogP contribution < -0.4 is 10.6 Å². The van der Waals surface area contributed by atoms with Gasteiger partial charge in [0.05, 0.1) is 6.42 Å². The van der Waals surface area contributed by atoms with Crippen molar-refractivity contribution in [3.05, 3.63) is 59.7 Å². The Hall–Kier alpha value is -3.35. The molecule has 0 aliphatic heterocycles. The van der Waals surface area contributed by atoms with Gasteiger partial charge in [-0.25, -0.2) is 4.79 Å². The van der Waals surface area contributed by atoms with E-state index in [4.69, 9.17) is 9.84 Å². The molecule has 0 radical (unpaired) electrons. The first-order chi connectivity index (χ1) is 16.8. The fraction of sp³-hybridized carbons (Fsp3) is 0.464. The van der Waals surface area contributed by atoms with Crippen molar-refractivity contribution < 1.29 is 24.2 Å². The number of carboxylic acid groups (broad SMARTS) is 1. The highest BCUT2D eigenvalue weighted by molar-refractivity contribution is 5.80. The fourth-order valence-electron chi connectivity index (χ4n) is 5.31. The molecule has 0 spiro atoms. The average Bonchev–Trinajstić information content (AvgIpc) is 3.16. The maximum absolute atomic E-state index is 12.8. The van der Waals surface area contributed by atoms with Crippen LogP contribution in [-0.2, 0) is 14.3 Å². The van der Waals surface area contributed by atoms with Crippen molar-refractivity contribution in [2.45, 2.75) is 64.0 Å². The molecule has 1 fully saturated rings. The average molecular weight is 479 g/mol. The number of carboxylic acids is 1. The molecule has 3 N–H and O–H groups in total. The second-order valence-corrected chi connectivity index (χ2v) is 9.99. The van der Waals surface area contributed by atoms with E-state index >= 15 is 0 Å². The molecular formula is C28H34N2O5. The summed E-state index contributed by atoms with van der Waals surface area (Å²) in [5.41, 5.74) is 4.69. The number of ether oxygens (including phenoxy) is 1. The predicted molar refractivity (Wildman–Crippen MR) is 133 cm³/mol. The zero-order valence-corrected chi connectivity index (χ0v) is 20.3. The first-order valence-corrected chi connectivity index (χ1v) is 12.5. The first kappa shape index (κ1) is 24.8. The van der Waals surface area contributed by atoms with Crippen molar-refractivity contribution in [3.8, 4) is 11.1 Å². The van der Waals surface area contributed by atoms with Crippen LogP contribution in [0.25, 0.3) is 11.1 Å². The summed E-state index contributed by atoms with van der Waals surface area (Å²) >= 11 is 0. The van der Waals surface area contributed by atoms with Crippen LogP contribution in [0.3, 0.4) is 0 Å². The number of carbonyl (C=O) groups excluding carboxylic acids is 2. The van der Waals surface area contributed by atoms with Gasteiger partial charge in [0.1, 0.15) is 6.61 Å². The van der Waals surface area contributed by atoms with Gasteiger partial charge in [-0.1, -0.05) is 68.8 Å². The second-order valence-electron chi connectivity index (χ2n) is 9.99. The summed E-state index contributed by atoms with van der Waals surface area (Å²) in [6, 6.07) is 15.9. The van der Waals surface area contributed by atoms with Gasteiger partial charge in [0.15, 0.2) is 0 Å². The summed E-state index contributed by atoms with van der Waals surface area (Å²) in [4.78, 5) is 36.6. The molecule has 0 bridgehead atoms. The van der Waals surface area contributed by atoms with Crippen molar-refractivity contribution in [3.63, 3.8) is 0 Å². The van der Waals surface area contributed by atoms with E-state index in [1.54, 1.807) is 0 Å². The van der Waals surface area contributed by atoms with Gasteiger partial charge in [0.2, 0.25) is 5.91 Å². The maximum atomic E-state index is 12.8. The summed E-state index contributed by atoms with van der Waals surface area (Å²) in [6.45, 7) is 4.05. The number of alkyl carbamates (subject to hydrolysis) is 1. The van der Waals surface area contributed by atoms with Crippen molar-refractivity contribution >= 4 is 18.0 Å². The van der Waals surface area contributed by atoms with Crippen LogP contribution in [0.5, 0.6) is 0 Å². The van der Waals surface area contributed by atoms with Crippen LogP contribution >= 0.6 is 0 Å². The Morgan fingerprint density at radius 1 is 1.00 bits per heavy atom. The Balaban J connectivity index is 1.31. The van der Waals surface area contributed by atoms with Crippen LogP contribution in [0.15, 0.2) is 48.5 Å². The van der Waals surface area contributed by atoms with Gasteiger partial charge in [-0.3, -0.25) is 9.59 Å². The van der Waals surface area contributed by atoms with E-state index in [1.165, 1.54) is 11.1 Å². The van der Waals surface area contributed by atoms with Gasteiger partial charge in [-0.05, 0) is 47.4 Å². The molecule has 7 heteroatoms. The lowest BCUT2D eigenvalue weighted by Crippen LogP contribution is -2.46. The highest BCUT2D eigenvalue weighted by atomic mass is 16.5. The van der Waals surface area contributed by atoms with Crippen molar-refractivity contribution in [1.29, 1.82) is 0 Å². The minimum Gasteiger partial charge on any atom is -0.481 e. The molecule has 2 aliphatic carbocycles. The molecule has 3 atom stereocenters. The van der Waals surface area contributed by atoms with Gasteiger partial charge < -0.3 is 20.5 Å². The van der Waals surface area contributed by atoms with Crippen LogP contribution in [0.4, 0.5) is 4.79 Å². The highest BCUT2D eigenvalue weighted by Gasteiger charge is 2.32. The minimum atomic E-state index is -0.928. The molecule has 35 heavy (non-hydrogen) atoms. The molecule has 0 saturated heterocycles. The summed E-state index contributed by atoms with van der Waals surface area (Å²) in [6.07, 6.45) is 2.29. The minimum absolute atomic E-state index is 0.000217. The van der Waals surface area contributed by atoms with Gasteiger partial charge in [0.25, 0.3) is 0 Å². The predicted octanol–water partition coefficient (Wildman–Crippen LogP) is 4.70. The van der Waals surface area contributed by atoms with E-state index in [0.29, 0.717) is 6.42 Å². The van der Waals surface area contributed by atoms with Crippen molar-refractivity contribution in [1.82, 2.24) is 10.6 Å². The normalized spacial score (nSPS) is 20.0. The molecule has 2 aromatic carbocycles. The van der Waals surface area contributed by atoms with Crippen molar-refractivity contribution in [2.75, 3.05) is 6.61 Å². The number of rotatable bonds is 8. The Kier molecular flexibility index (Phi) is 7.73. The van der Waals surface area contributed by atoms with Gasteiger partial charge >= 0.3 is 12.1 Å². The lowest BCUT2D eigenvalue weighted by molar-refractivity contribution is -0.138. The lowest BCUT2D eigenvalue weighted by Gasteiger charge is -2.30. The van der Waals surface area contributed by atoms with E-state index < -0.39 is 18.1 Å². The molecule has 7 nitrogen and oxygen atoms in total. The van der Waals surface area contributed by atoms with Gasteiger partial charge in [-0.15, -0.1) is 0 Å². The Morgan fingerprint density at radius 2 is 1.63 bits per heavy atom. The smallest absolute Gasteiger partial charge is 0.407 e. The zero-order chi connectivity index (χ0) is 24.9. The lowest BCUT2D eigenvalue weighted by atomic mass is 9.84. The molecule has 186 valence electrons. The summed E-state index contributed by atoms with van der Waals surface area (Å²) in [5.74, 6) is -1.29. The second kappa shape index (κ2) is 10.9. The molecule has 0 aromatic heterocycles. The van der Waals surface area contributed by atoms with Gasteiger partial charge in [0, 0.05) is 23.9 Å². The molecule has 2 aromatic rings. The fourth-order valence-corrected chi connectivity index (χ4v) is 5.31. The molecule has 2 amide bonds. The van der Waals surface area contributed by atoms with Crippen LogP contribution in [-0.4, -0.2) is 41.8 Å². The topological polar surface area (TPSA) is 105 Å². The molecule has 2 aliphatic rings. The molecule has 0 heterocycles. The summed E-state index contributed by atoms with van der Waals surface area (Å²) in [7, 11) is 0. The number of benzene rings is 2. The third-order valence-corrected chi connectivity index (χ3v) is 7.24. The van der Waals surface area contributed by atoms with Crippen LogP contribution in [0.1, 0.15) is 63.0 Å². The monoisotopic (exact) mass is 478 g/mol. The number of hydrogen-bond donors (Lipinski definition) is 3. The third-order valence-electron chi connectivity index (χ3n) is 7.24. The van der Waals surface area contributed by atoms with Crippen LogP contribution in [0.2, 0.25) is 0 Å². The van der Waals surface area contributed by atoms with E-state index in [2.05, 4.69) is 34.9 Å². The molecule has 3 unspecified atom stereocenters. The number of fused-ring (bicyclic) bond motifs is 3. The van der Waals surface area contributed by atoms with E-state index in [9.17, 15) is 14.4 Å². The number of nitrogens with one attached hydrogen (secondary N) is 2.